The first-order valence-corrected chi connectivity index (χ1v) is 6.32. The van der Waals surface area contributed by atoms with E-state index in [2.05, 4.69) is 25.8 Å². The van der Waals surface area contributed by atoms with Gasteiger partial charge in [0.25, 0.3) is 5.91 Å². The van der Waals surface area contributed by atoms with Crippen LogP contribution in [0.1, 0.15) is 27.8 Å². The lowest BCUT2D eigenvalue weighted by Crippen LogP contribution is -2.26. The predicted molar refractivity (Wildman–Crippen MR) is 73.6 cm³/mol. The van der Waals surface area contributed by atoms with Gasteiger partial charge in [0.05, 0.1) is 0 Å². The van der Waals surface area contributed by atoms with Gasteiger partial charge in [0.1, 0.15) is 5.82 Å². The van der Waals surface area contributed by atoms with Crippen molar-refractivity contribution in [3.8, 4) is 0 Å². The Balaban J connectivity index is 1.93. The zero-order chi connectivity index (χ0) is 14.5. The largest absolute Gasteiger partial charge is 0.373 e. The standard InChI is InChI=1S/C13H17N5O2/c1-8-6-10(7-12(14-3)16-8)13(19)15-5-4-11-17-9(2)20-18-11/h6-7H,4-5H2,1-3H3,(H,14,16)(H,15,19). The maximum absolute atomic E-state index is 12.0. The van der Waals surface area contributed by atoms with E-state index in [9.17, 15) is 4.79 Å². The second kappa shape index (κ2) is 6.14. The van der Waals surface area contributed by atoms with Crippen molar-refractivity contribution < 1.29 is 9.32 Å². The van der Waals surface area contributed by atoms with Crippen molar-refractivity contribution in [2.45, 2.75) is 20.3 Å². The molecular formula is C13H17N5O2. The molecule has 0 aliphatic rings. The molecule has 0 unspecified atom stereocenters. The Kier molecular flexibility index (Phi) is 4.29. The quantitative estimate of drug-likeness (QED) is 0.848. The number of rotatable bonds is 5. The average molecular weight is 275 g/mol. The lowest BCUT2D eigenvalue weighted by Gasteiger charge is -2.07. The predicted octanol–water partition coefficient (Wildman–Crippen LogP) is 1.10. The summed E-state index contributed by atoms with van der Waals surface area (Å²) in [5, 5.41) is 9.51. The molecule has 0 radical (unpaired) electrons. The lowest BCUT2D eigenvalue weighted by molar-refractivity contribution is 0.0953. The summed E-state index contributed by atoms with van der Waals surface area (Å²) in [4.78, 5) is 20.3. The van der Waals surface area contributed by atoms with Gasteiger partial charge in [-0.15, -0.1) is 0 Å². The molecule has 20 heavy (non-hydrogen) atoms. The van der Waals surface area contributed by atoms with Crippen LogP contribution in [-0.2, 0) is 6.42 Å². The van der Waals surface area contributed by atoms with Gasteiger partial charge in [0, 0.05) is 38.2 Å². The van der Waals surface area contributed by atoms with E-state index in [1.165, 1.54) is 0 Å². The number of anilines is 1. The molecule has 0 bridgehead atoms. The second-order valence-electron chi connectivity index (χ2n) is 4.37. The van der Waals surface area contributed by atoms with E-state index in [4.69, 9.17) is 4.52 Å². The van der Waals surface area contributed by atoms with Crippen LogP contribution in [0.25, 0.3) is 0 Å². The van der Waals surface area contributed by atoms with Crippen LogP contribution in [0.5, 0.6) is 0 Å². The van der Waals surface area contributed by atoms with Crippen molar-refractivity contribution >= 4 is 11.7 Å². The first-order chi connectivity index (χ1) is 9.58. The van der Waals surface area contributed by atoms with Gasteiger partial charge in [-0.2, -0.15) is 4.98 Å². The Labute approximate surface area is 116 Å². The molecular weight excluding hydrogens is 258 g/mol. The molecule has 0 aliphatic heterocycles. The molecule has 106 valence electrons. The molecule has 7 heteroatoms. The van der Waals surface area contributed by atoms with Gasteiger partial charge >= 0.3 is 0 Å². The first-order valence-electron chi connectivity index (χ1n) is 6.32. The molecule has 7 nitrogen and oxygen atoms in total. The van der Waals surface area contributed by atoms with Crippen LogP contribution >= 0.6 is 0 Å². The van der Waals surface area contributed by atoms with Crippen molar-refractivity contribution in [3.05, 3.63) is 35.1 Å². The molecule has 2 aromatic rings. The third-order valence-electron chi connectivity index (χ3n) is 2.68. The Hall–Kier alpha value is -2.44. The number of aryl methyl sites for hydroxylation is 2. The zero-order valence-electron chi connectivity index (χ0n) is 11.7. The molecule has 0 saturated heterocycles. The highest BCUT2D eigenvalue weighted by atomic mass is 16.5. The maximum atomic E-state index is 12.0. The Morgan fingerprint density at radius 2 is 2.10 bits per heavy atom. The molecule has 0 aliphatic carbocycles. The van der Waals surface area contributed by atoms with E-state index >= 15 is 0 Å². The minimum atomic E-state index is -0.146. The summed E-state index contributed by atoms with van der Waals surface area (Å²) < 4.78 is 4.86. The van der Waals surface area contributed by atoms with Gasteiger partial charge in [-0.25, -0.2) is 4.98 Å². The van der Waals surface area contributed by atoms with Crippen molar-refractivity contribution in [3.63, 3.8) is 0 Å². The number of pyridine rings is 1. The number of hydrogen-bond donors (Lipinski definition) is 2. The van der Waals surface area contributed by atoms with E-state index in [1.54, 1.807) is 26.1 Å². The summed E-state index contributed by atoms with van der Waals surface area (Å²) in [5.41, 5.74) is 1.36. The minimum Gasteiger partial charge on any atom is -0.373 e. The van der Waals surface area contributed by atoms with Crippen LogP contribution in [-0.4, -0.2) is 34.6 Å². The number of carbonyl (C=O) groups excluding carboxylic acids is 1. The van der Waals surface area contributed by atoms with Crippen molar-refractivity contribution in [2.24, 2.45) is 0 Å². The number of aromatic nitrogens is 3. The first kappa shape index (κ1) is 14.0. The van der Waals surface area contributed by atoms with Crippen LogP contribution in [0.3, 0.4) is 0 Å². The third-order valence-corrected chi connectivity index (χ3v) is 2.68. The average Bonchev–Trinajstić information content (AvgIpc) is 2.83. The second-order valence-corrected chi connectivity index (χ2v) is 4.37. The molecule has 2 heterocycles. The summed E-state index contributed by atoms with van der Waals surface area (Å²) in [7, 11) is 1.77. The molecule has 2 rings (SSSR count). The Bertz CT molecular complexity index is 609. The van der Waals surface area contributed by atoms with Crippen LogP contribution < -0.4 is 10.6 Å². The van der Waals surface area contributed by atoms with Crippen molar-refractivity contribution in [2.75, 3.05) is 18.9 Å². The topological polar surface area (TPSA) is 92.9 Å². The Morgan fingerprint density at radius 1 is 1.30 bits per heavy atom. The fraction of sp³-hybridized carbons (Fsp3) is 0.385. The summed E-state index contributed by atoms with van der Waals surface area (Å²) >= 11 is 0. The fourth-order valence-corrected chi connectivity index (χ4v) is 1.76. The molecule has 0 aromatic carbocycles. The number of hydrogen-bond acceptors (Lipinski definition) is 6. The number of carbonyl (C=O) groups is 1. The van der Waals surface area contributed by atoms with Crippen molar-refractivity contribution in [1.29, 1.82) is 0 Å². The maximum Gasteiger partial charge on any atom is 0.251 e. The van der Waals surface area contributed by atoms with Gasteiger partial charge in [0.15, 0.2) is 5.82 Å². The number of nitrogens with one attached hydrogen (secondary N) is 2. The van der Waals surface area contributed by atoms with E-state index in [0.29, 0.717) is 36.1 Å². The Morgan fingerprint density at radius 3 is 2.75 bits per heavy atom. The number of amides is 1. The van der Waals surface area contributed by atoms with E-state index in [1.807, 2.05) is 6.92 Å². The van der Waals surface area contributed by atoms with Gasteiger partial charge in [-0.1, -0.05) is 5.16 Å². The van der Waals surface area contributed by atoms with Crippen LogP contribution in [0.15, 0.2) is 16.7 Å². The van der Waals surface area contributed by atoms with Gasteiger partial charge in [-0.05, 0) is 19.1 Å². The lowest BCUT2D eigenvalue weighted by atomic mass is 10.2. The summed E-state index contributed by atoms with van der Waals surface area (Å²) in [6, 6.07) is 3.45. The third kappa shape index (κ3) is 3.53. The van der Waals surface area contributed by atoms with Crippen LogP contribution in [0.4, 0.5) is 5.82 Å². The SMILES string of the molecule is CNc1cc(C(=O)NCCc2noc(C)n2)cc(C)n1. The van der Waals surface area contributed by atoms with Crippen molar-refractivity contribution in [1.82, 2.24) is 20.4 Å². The molecule has 0 saturated carbocycles. The monoisotopic (exact) mass is 275 g/mol. The highest BCUT2D eigenvalue weighted by Crippen LogP contribution is 2.09. The molecule has 1 amide bonds. The van der Waals surface area contributed by atoms with E-state index in [0.717, 1.165) is 5.69 Å². The van der Waals surface area contributed by atoms with Gasteiger partial charge < -0.3 is 15.2 Å². The van der Waals surface area contributed by atoms with E-state index in [-0.39, 0.29) is 5.91 Å². The van der Waals surface area contributed by atoms with Crippen LogP contribution in [0, 0.1) is 13.8 Å². The van der Waals surface area contributed by atoms with Gasteiger partial charge in [-0.3, -0.25) is 4.79 Å². The smallest absolute Gasteiger partial charge is 0.251 e. The zero-order valence-corrected chi connectivity index (χ0v) is 11.7. The summed E-state index contributed by atoms with van der Waals surface area (Å²) in [5.74, 6) is 1.63. The highest BCUT2D eigenvalue weighted by molar-refractivity contribution is 5.94. The molecule has 2 aromatic heterocycles. The number of nitrogens with zero attached hydrogens (tertiary/aromatic N) is 3. The fourth-order valence-electron chi connectivity index (χ4n) is 1.76. The van der Waals surface area contributed by atoms with Crippen LogP contribution in [0.2, 0.25) is 0 Å². The molecule has 0 fully saturated rings. The normalized spacial score (nSPS) is 10.3. The van der Waals surface area contributed by atoms with E-state index < -0.39 is 0 Å². The summed E-state index contributed by atoms with van der Waals surface area (Å²) in [6.07, 6.45) is 0.534. The molecule has 2 N–H and O–H groups in total. The molecule has 0 atom stereocenters. The minimum absolute atomic E-state index is 0.146. The highest BCUT2D eigenvalue weighted by Gasteiger charge is 2.09. The van der Waals surface area contributed by atoms with Gasteiger partial charge in [0.2, 0.25) is 5.89 Å². The molecule has 0 spiro atoms. The summed E-state index contributed by atoms with van der Waals surface area (Å²) in [6.45, 7) is 4.03.